The fourth-order valence-electron chi connectivity index (χ4n) is 5.34. The predicted molar refractivity (Wildman–Crippen MR) is 147 cm³/mol. The van der Waals surface area contributed by atoms with Crippen LogP contribution >= 0.6 is 17.0 Å². The molecule has 37 heavy (non-hydrogen) atoms. The van der Waals surface area contributed by atoms with Gasteiger partial charge in [-0.1, -0.05) is 13.8 Å². The average molecular weight is 573 g/mol. The number of rotatable bonds is 8. The number of likely N-dealkylation sites (N-methyl/N-ethyl adjacent to an activating group) is 1. The molecule has 2 aromatic carbocycles. The number of amides is 1. The van der Waals surface area contributed by atoms with Gasteiger partial charge in [-0.05, 0) is 48.4 Å². The molecule has 1 amide bonds. The first-order valence-electron chi connectivity index (χ1n) is 12.0. The van der Waals surface area contributed by atoms with Gasteiger partial charge in [0.1, 0.15) is 11.6 Å². The van der Waals surface area contributed by atoms with Crippen LogP contribution in [0.3, 0.4) is 0 Å². The van der Waals surface area contributed by atoms with E-state index >= 15 is 0 Å². The average Bonchev–Trinajstić information content (AvgIpc) is 3.23. The Morgan fingerprint density at radius 1 is 1.22 bits per heavy atom. The molecule has 10 heteroatoms. The molecular formula is C27H33BrN4O5. The second-order valence-corrected chi connectivity index (χ2v) is 9.82. The number of fused-ring (bicyclic) bond motifs is 2. The zero-order valence-electron chi connectivity index (χ0n) is 21.7. The number of carboxylic acid groups (broad SMARTS) is 1. The number of Topliss-reactive ketones (excluding diaryl/α,β-unsaturated/α-hetero) is 1. The van der Waals surface area contributed by atoms with E-state index in [9.17, 15) is 19.5 Å². The Morgan fingerprint density at radius 2 is 1.92 bits per heavy atom. The molecule has 0 spiro atoms. The summed E-state index contributed by atoms with van der Waals surface area (Å²) in [4.78, 5) is 40.7. The van der Waals surface area contributed by atoms with Crippen LogP contribution in [0, 0.1) is 5.41 Å². The number of anilines is 1. The lowest BCUT2D eigenvalue weighted by molar-refractivity contribution is -0.137. The van der Waals surface area contributed by atoms with Crippen LogP contribution in [0.15, 0.2) is 30.3 Å². The molecule has 0 aromatic heterocycles. The standard InChI is InChI=1S/C27H32N4O5.BrH/c1-6-36-22-10-16-13-31(25(28)17(16)11-18(22)26(35)29-4)14-21(32)15-7-8-20-19(9-15)27(2,3)23(30(20)5)12-24(33)34;/h7-11,23,28H,6,12-14H2,1-5H3,(H,29,35)(H,33,34);1H. The van der Waals surface area contributed by atoms with Crippen molar-refractivity contribution in [1.29, 1.82) is 5.41 Å². The maximum absolute atomic E-state index is 13.3. The van der Waals surface area contributed by atoms with E-state index in [1.807, 2.05) is 44.9 Å². The van der Waals surface area contributed by atoms with Gasteiger partial charge in [0.05, 0.1) is 25.1 Å². The van der Waals surface area contributed by atoms with E-state index in [2.05, 4.69) is 5.32 Å². The number of aliphatic carboxylic acids is 1. The second kappa shape index (κ2) is 10.5. The van der Waals surface area contributed by atoms with E-state index in [1.165, 1.54) is 0 Å². The SMILES string of the molecule is Br.CCOc1cc2c(cc1C(=O)NC)C(=N)N(CC(=O)c1ccc3c(c1)C(C)(C)C(CC(=O)O)N3C)C2. The van der Waals surface area contributed by atoms with Crippen molar-refractivity contribution in [2.24, 2.45) is 0 Å². The van der Waals surface area contributed by atoms with E-state index in [-0.39, 0.29) is 53.5 Å². The van der Waals surface area contributed by atoms with Crippen molar-refractivity contribution in [3.63, 3.8) is 0 Å². The minimum absolute atomic E-state index is 0. The molecule has 0 saturated heterocycles. The molecule has 198 valence electrons. The fourth-order valence-corrected chi connectivity index (χ4v) is 5.34. The number of carbonyl (C=O) groups is 3. The third-order valence-corrected chi connectivity index (χ3v) is 7.31. The molecule has 2 aromatic rings. The van der Waals surface area contributed by atoms with Gasteiger partial charge in [-0.15, -0.1) is 17.0 Å². The Kier molecular flexibility index (Phi) is 8.02. The fraction of sp³-hybridized carbons (Fsp3) is 0.407. The summed E-state index contributed by atoms with van der Waals surface area (Å²) in [5.41, 5.74) is 3.75. The van der Waals surface area contributed by atoms with Crippen LogP contribution in [0.5, 0.6) is 5.75 Å². The number of amidine groups is 1. The minimum atomic E-state index is -0.858. The van der Waals surface area contributed by atoms with Crippen LogP contribution in [0.4, 0.5) is 5.69 Å². The normalized spacial score (nSPS) is 17.1. The summed E-state index contributed by atoms with van der Waals surface area (Å²) >= 11 is 0. The number of ketones is 1. The van der Waals surface area contributed by atoms with Gasteiger partial charge in [0, 0.05) is 48.9 Å². The molecule has 2 aliphatic heterocycles. The van der Waals surface area contributed by atoms with Crippen molar-refractivity contribution < 1.29 is 24.2 Å². The Bertz CT molecular complexity index is 1280. The van der Waals surface area contributed by atoms with Crippen LogP contribution in [0.1, 0.15) is 64.6 Å². The molecule has 1 unspecified atom stereocenters. The van der Waals surface area contributed by atoms with Gasteiger partial charge in [0.2, 0.25) is 0 Å². The number of nitrogens with one attached hydrogen (secondary N) is 2. The minimum Gasteiger partial charge on any atom is -0.493 e. The Morgan fingerprint density at radius 3 is 2.54 bits per heavy atom. The number of hydrogen-bond donors (Lipinski definition) is 3. The summed E-state index contributed by atoms with van der Waals surface area (Å²) in [6.07, 6.45) is 0.00638. The van der Waals surface area contributed by atoms with Crippen molar-refractivity contribution in [3.8, 4) is 5.75 Å². The largest absolute Gasteiger partial charge is 0.493 e. The molecule has 0 bridgehead atoms. The van der Waals surface area contributed by atoms with E-state index in [0.717, 1.165) is 16.8 Å². The maximum atomic E-state index is 13.3. The third kappa shape index (κ3) is 4.94. The van der Waals surface area contributed by atoms with Gasteiger partial charge in [-0.2, -0.15) is 0 Å². The maximum Gasteiger partial charge on any atom is 0.305 e. The smallest absolute Gasteiger partial charge is 0.305 e. The van der Waals surface area contributed by atoms with Crippen LogP contribution in [0.25, 0.3) is 0 Å². The second-order valence-electron chi connectivity index (χ2n) is 9.82. The van der Waals surface area contributed by atoms with Crippen molar-refractivity contribution in [3.05, 3.63) is 58.1 Å². The van der Waals surface area contributed by atoms with Crippen LogP contribution in [-0.2, 0) is 16.8 Å². The zero-order valence-corrected chi connectivity index (χ0v) is 23.4. The number of halogens is 1. The number of nitrogens with zero attached hydrogens (tertiary/aromatic N) is 2. The van der Waals surface area contributed by atoms with Crippen molar-refractivity contribution >= 4 is 46.2 Å². The first-order valence-corrected chi connectivity index (χ1v) is 12.0. The zero-order chi connectivity index (χ0) is 26.4. The van der Waals surface area contributed by atoms with Crippen LogP contribution in [-0.4, -0.2) is 66.8 Å². The highest BCUT2D eigenvalue weighted by atomic mass is 79.9. The molecule has 3 N–H and O–H groups in total. The summed E-state index contributed by atoms with van der Waals surface area (Å²) in [6, 6.07) is 8.72. The third-order valence-electron chi connectivity index (χ3n) is 7.31. The first-order chi connectivity index (χ1) is 17.0. The predicted octanol–water partition coefficient (Wildman–Crippen LogP) is 3.62. The Hall–Kier alpha value is -3.40. The molecule has 2 aliphatic rings. The molecule has 0 saturated carbocycles. The van der Waals surface area contributed by atoms with Gasteiger partial charge in [-0.25, -0.2) is 0 Å². The van der Waals surface area contributed by atoms with E-state index in [1.54, 1.807) is 30.1 Å². The van der Waals surface area contributed by atoms with Gasteiger partial charge >= 0.3 is 5.97 Å². The molecular weight excluding hydrogens is 540 g/mol. The lowest BCUT2D eigenvalue weighted by atomic mass is 9.78. The highest BCUT2D eigenvalue weighted by Crippen LogP contribution is 2.46. The summed E-state index contributed by atoms with van der Waals surface area (Å²) in [6.45, 7) is 6.63. The lowest BCUT2D eigenvalue weighted by Gasteiger charge is -2.31. The summed E-state index contributed by atoms with van der Waals surface area (Å²) < 4.78 is 5.65. The molecule has 2 heterocycles. The number of carboxylic acids is 1. The summed E-state index contributed by atoms with van der Waals surface area (Å²) in [5, 5.41) is 20.6. The van der Waals surface area contributed by atoms with Crippen molar-refractivity contribution in [2.75, 3.05) is 32.1 Å². The summed E-state index contributed by atoms with van der Waals surface area (Å²) in [5.74, 6) is -0.641. The van der Waals surface area contributed by atoms with Crippen molar-refractivity contribution in [1.82, 2.24) is 10.2 Å². The molecule has 0 aliphatic carbocycles. The highest BCUT2D eigenvalue weighted by Gasteiger charge is 2.44. The van der Waals surface area contributed by atoms with Crippen LogP contribution < -0.4 is 15.0 Å². The number of carbonyl (C=O) groups excluding carboxylic acids is 2. The number of benzene rings is 2. The monoisotopic (exact) mass is 572 g/mol. The highest BCUT2D eigenvalue weighted by molar-refractivity contribution is 8.93. The topological polar surface area (TPSA) is 123 Å². The van der Waals surface area contributed by atoms with Gasteiger partial charge in [-0.3, -0.25) is 19.8 Å². The van der Waals surface area contributed by atoms with Gasteiger partial charge in [0.15, 0.2) is 5.78 Å². The first kappa shape index (κ1) is 28.2. The van der Waals surface area contributed by atoms with Gasteiger partial charge in [0.25, 0.3) is 5.91 Å². The molecule has 1 atom stereocenters. The molecule has 0 fully saturated rings. The van der Waals surface area contributed by atoms with Crippen molar-refractivity contribution in [2.45, 2.75) is 45.2 Å². The molecule has 9 nitrogen and oxygen atoms in total. The molecule has 0 radical (unpaired) electrons. The molecule has 4 rings (SSSR count). The summed E-state index contributed by atoms with van der Waals surface area (Å²) in [7, 11) is 3.43. The van der Waals surface area contributed by atoms with Gasteiger partial charge < -0.3 is 25.0 Å². The lowest BCUT2D eigenvalue weighted by Crippen LogP contribution is -2.40. The van der Waals surface area contributed by atoms with E-state index in [4.69, 9.17) is 10.1 Å². The Labute approximate surface area is 227 Å². The Balaban J connectivity index is 0.00000380. The number of hydrogen-bond acceptors (Lipinski definition) is 6. The van der Waals surface area contributed by atoms with Crippen LogP contribution in [0.2, 0.25) is 0 Å². The quantitative estimate of drug-likeness (QED) is 0.413. The van der Waals surface area contributed by atoms with E-state index < -0.39 is 11.4 Å². The number of ether oxygens (including phenoxy) is 1. The van der Waals surface area contributed by atoms with E-state index in [0.29, 0.717) is 35.6 Å².